The lowest BCUT2D eigenvalue weighted by molar-refractivity contribution is -0.126. The van der Waals surface area contributed by atoms with Gasteiger partial charge in [-0.15, -0.1) is 11.3 Å². The van der Waals surface area contributed by atoms with E-state index in [2.05, 4.69) is 10.6 Å². The van der Waals surface area contributed by atoms with Crippen molar-refractivity contribution in [3.8, 4) is 10.4 Å². The van der Waals surface area contributed by atoms with Gasteiger partial charge in [0, 0.05) is 23.8 Å². The maximum absolute atomic E-state index is 12.3. The molecule has 1 saturated carbocycles. The van der Waals surface area contributed by atoms with Crippen molar-refractivity contribution >= 4 is 34.5 Å². The predicted molar refractivity (Wildman–Crippen MR) is 93.1 cm³/mol. The Balaban J connectivity index is 1.65. The van der Waals surface area contributed by atoms with E-state index in [1.165, 1.54) is 6.92 Å². The average molecular weight is 329 g/mol. The number of rotatable bonds is 4. The number of carbonyl (C=O) groups excluding carboxylic acids is 2. The van der Waals surface area contributed by atoms with Crippen molar-refractivity contribution < 1.29 is 9.59 Å². The lowest BCUT2D eigenvalue weighted by Crippen LogP contribution is -2.47. The first-order chi connectivity index (χ1) is 11.0. The van der Waals surface area contributed by atoms with Crippen molar-refractivity contribution in [3.05, 3.63) is 35.7 Å². The Hall–Kier alpha value is -2.34. The van der Waals surface area contributed by atoms with E-state index in [0.717, 1.165) is 10.4 Å². The van der Waals surface area contributed by atoms with E-state index in [1.807, 2.05) is 35.7 Å². The summed E-state index contributed by atoms with van der Waals surface area (Å²) in [6, 6.07) is 9.80. The molecule has 4 N–H and O–H groups in total. The first-order valence-electron chi connectivity index (χ1n) is 7.54. The normalized spacial score (nSPS) is 19.7. The van der Waals surface area contributed by atoms with Gasteiger partial charge in [0.15, 0.2) is 0 Å². The molecule has 6 heteroatoms. The topological polar surface area (TPSA) is 84.2 Å². The number of nitrogens with two attached hydrogens (primary N) is 1. The molecule has 1 aliphatic carbocycles. The molecule has 0 radical (unpaired) electrons. The van der Waals surface area contributed by atoms with E-state index >= 15 is 0 Å². The van der Waals surface area contributed by atoms with Gasteiger partial charge in [0.05, 0.1) is 11.4 Å². The standard InChI is InChI=1S/C17H19N3O2S/c1-10(21)19-13-7-12(8-13)17(22)20-15-9-11(4-5-14(15)18)16-3-2-6-23-16/h2-6,9,12-13H,7-8,18H2,1H3,(H,19,21)(H,20,22). The molecule has 0 saturated heterocycles. The zero-order chi connectivity index (χ0) is 16.4. The van der Waals surface area contributed by atoms with Gasteiger partial charge in [-0.1, -0.05) is 12.1 Å². The van der Waals surface area contributed by atoms with E-state index in [-0.39, 0.29) is 23.8 Å². The Labute approximate surface area is 138 Å². The highest BCUT2D eigenvalue weighted by atomic mass is 32.1. The summed E-state index contributed by atoms with van der Waals surface area (Å²) in [5, 5.41) is 7.76. The Bertz CT molecular complexity index is 721. The van der Waals surface area contributed by atoms with Gasteiger partial charge in [-0.05, 0) is 42.0 Å². The number of nitrogens with one attached hydrogen (secondary N) is 2. The number of hydrogen-bond donors (Lipinski definition) is 3. The van der Waals surface area contributed by atoms with Crippen molar-refractivity contribution in [2.75, 3.05) is 11.1 Å². The molecule has 0 atom stereocenters. The molecule has 0 unspecified atom stereocenters. The summed E-state index contributed by atoms with van der Waals surface area (Å²) in [4.78, 5) is 24.4. The van der Waals surface area contributed by atoms with Gasteiger partial charge in [0.2, 0.25) is 11.8 Å². The van der Waals surface area contributed by atoms with Crippen LogP contribution in [0.15, 0.2) is 35.7 Å². The van der Waals surface area contributed by atoms with Crippen LogP contribution in [0.2, 0.25) is 0 Å². The fourth-order valence-corrected chi connectivity index (χ4v) is 3.46. The molecular weight excluding hydrogens is 310 g/mol. The third-order valence-electron chi connectivity index (χ3n) is 4.03. The minimum atomic E-state index is -0.0726. The quantitative estimate of drug-likeness (QED) is 0.754. The van der Waals surface area contributed by atoms with Crippen LogP contribution >= 0.6 is 11.3 Å². The third kappa shape index (κ3) is 3.53. The molecule has 1 heterocycles. The Morgan fingerprint density at radius 1 is 1.26 bits per heavy atom. The van der Waals surface area contributed by atoms with E-state index < -0.39 is 0 Å². The molecule has 2 aromatic rings. The highest BCUT2D eigenvalue weighted by Gasteiger charge is 2.35. The molecule has 0 bridgehead atoms. The van der Waals surface area contributed by atoms with Crippen LogP contribution in [0.4, 0.5) is 11.4 Å². The number of carbonyl (C=O) groups is 2. The van der Waals surface area contributed by atoms with E-state index in [0.29, 0.717) is 24.2 Å². The van der Waals surface area contributed by atoms with Gasteiger partial charge in [0.25, 0.3) is 0 Å². The summed E-state index contributed by atoms with van der Waals surface area (Å²) in [7, 11) is 0. The molecule has 120 valence electrons. The molecule has 1 aromatic carbocycles. The lowest BCUT2D eigenvalue weighted by Gasteiger charge is -2.34. The molecule has 3 rings (SSSR count). The highest BCUT2D eigenvalue weighted by Crippen LogP contribution is 2.32. The van der Waals surface area contributed by atoms with E-state index in [9.17, 15) is 9.59 Å². The van der Waals surface area contributed by atoms with Crippen LogP contribution in [0, 0.1) is 5.92 Å². The molecule has 1 fully saturated rings. The first-order valence-corrected chi connectivity index (χ1v) is 8.42. The monoisotopic (exact) mass is 329 g/mol. The Kier molecular flexibility index (Phi) is 4.34. The number of anilines is 2. The van der Waals surface area contributed by atoms with Crippen molar-refractivity contribution in [1.82, 2.24) is 5.32 Å². The molecule has 1 aliphatic rings. The van der Waals surface area contributed by atoms with Crippen LogP contribution in [0.1, 0.15) is 19.8 Å². The second kappa shape index (κ2) is 6.42. The molecule has 0 aliphatic heterocycles. The fourth-order valence-electron chi connectivity index (χ4n) is 2.73. The van der Waals surface area contributed by atoms with Gasteiger partial charge >= 0.3 is 0 Å². The Morgan fingerprint density at radius 2 is 2.04 bits per heavy atom. The SMILES string of the molecule is CC(=O)NC1CC(C(=O)Nc2cc(-c3cccs3)ccc2N)C1. The molecule has 1 aromatic heterocycles. The van der Waals surface area contributed by atoms with Crippen LogP contribution < -0.4 is 16.4 Å². The summed E-state index contributed by atoms with van der Waals surface area (Å²) in [5.74, 6) is -0.167. The van der Waals surface area contributed by atoms with Gasteiger partial charge in [-0.3, -0.25) is 9.59 Å². The van der Waals surface area contributed by atoms with Crippen LogP contribution in [-0.4, -0.2) is 17.9 Å². The number of thiophene rings is 1. The smallest absolute Gasteiger partial charge is 0.227 e. The predicted octanol–water partition coefficient (Wildman–Crippen LogP) is 2.85. The number of nitrogen functional groups attached to an aromatic ring is 1. The van der Waals surface area contributed by atoms with Gasteiger partial charge in [0.1, 0.15) is 0 Å². The van der Waals surface area contributed by atoms with Crippen molar-refractivity contribution in [2.45, 2.75) is 25.8 Å². The number of hydrogen-bond acceptors (Lipinski definition) is 4. The van der Waals surface area contributed by atoms with Gasteiger partial charge < -0.3 is 16.4 Å². The summed E-state index contributed by atoms with van der Waals surface area (Å²) < 4.78 is 0. The third-order valence-corrected chi connectivity index (χ3v) is 4.95. The summed E-state index contributed by atoms with van der Waals surface area (Å²) >= 11 is 1.64. The van der Waals surface area contributed by atoms with Gasteiger partial charge in [-0.25, -0.2) is 0 Å². The van der Waals surface area contributed by atoms with E-state index in [1.54, 1.807) is 11.3 Å². The molecule has 0 spiro atoms. The maximum atomic E-state index is 12.3. The summed E-state index contributed by atoms with van der Waals surface area (Å²) in [6.45, 7) is 1.49. The molecule has 23 heavy (non-hydrogen) atoms. The largest absolute Gasteiger partial charge is 0.397 e. The van der Waals surface area contributed by atoms with E-state index in [4.69, 9.17) is 5.73 Å². The second-order valence-electron chi connectivity index (χ2n) is 5.83. The minimum Gasteiger partial charge on any atom is -0.397 e. The van der Waals surface area contributed by atoms with Crippen molar-refractivity contribution in [2.24, 2.45) is 5.92 Å². The van der Waals surface area contributed by atoms with Crippen LogP contribution in [-0.2, 0) is 9.59 Å². The highest BCUT2D eigenvalue weighted by molar-refractivity contribution is 7.13. The zero-order valence-electron chi connectivity index (χ0n) is 12.8. The molecule has 5 nitrogen and oxygen atoms in total. The van der Waals surface area contributed by atoms with Gasteiger partial charge in [-0.2, -0.15) is 0 Å². The van der Waals surface area contributed by atoms with Crippen molar-refractivity contribution in [1.29, 1.82) is 0 Å². The fraction of sp³-hybridized carbons (Fsp3) is 0.294. The van der Waals surface area contributed by atoms with Crippen LogP contribution in [0.3, 0.4) is 0 Å². The van der Waals surface area contributed by atoms with Crippen LogP contribution in [0.25, 0.3) is 10.4 Å². The second-order valence-corrected chi connectivity index (χ2v) is 6.78. The van der Waals surface area contributed by atoms with Crippen molar-refractivity contribution in [3.63, 3.8) is 0 Å². The maximum Gasteiger partial charge on any atom is 0.227 e. The van der Waals surface area contributed by atoms with Crippen LogP contribution in [0.5, 0.6) is 0 Å². The average Bonchev–Trinajstić information content (AvgIpc) is 2.98. The Morgan fingerprint density at radius 3 is 2.70 bits per heavy atom. The zero-order valence-corrected chi connectivity index (χ0v) is 13.7. The molecular formula is C17H19N3O2S. The minimum absolute atomic E-state index is 0.0402. The number of amides is 2. The number of benzene rings is 1. The first kappa shape index (κ1) is 15.6. The molecule has 2 amide bonds. The summed E-state index contributed by atoms with van der Waals surface area (Å²) in [6.07, 6.45) is 1.35. The lowest BCUT2D eigenvalue weighted by atomic mass is 9.79. The summed E-state index contributed by atoms with van der Waals surface area (Å²) in [5.41, 5.74) is 8.21.